The predicted octanol–water partition coefficient (Wildman–Crippen LogP) is 7.10. The third-order valence-electron chi connectivity index (χ3n) is 9.02. The SMILES string of the molecule is CC(C)[Si](C(C)C)(C(C)C)N1C(=O)N(C2CCCCC2)C(=O)C1(C)C1CCCCC1. The summed E-state index contributed by atoms with van der Waals surface area (Å²) in [4.78, 5) is 30.3. The molecule has 0 aromatic heterocycles. The number of hydrogen-bond donors (Lipinski definition) is 0. The summed E-state index contributed by atoms with van der Waals surface area (Å²) in [7, 11) is -2.30. The van der Waals surface area contributed by atoms with E-state index in [9.17, 15) is 9.59 Å². The van der Waals surface area contributed by atoms with Crippen molar-refractivity contribution in [3.8, 4) is 0 Å². The Balaban J connectivity index is 2.17. The number of carbonyl (C=O) groups is 2. The second-order valence-electron chi connectivity index (χ2n) is 11.4. The molecule has 0 aromatic rings. The van der Waals surface area contributed by atoms with E-state index in [-0.39, 0.29) is 18.0 Å². The van der Waals surface area contributed by atoms with Crippen molar-refractivity contribution in [1.29, 1.82) is 0 Å². The molecule has 1 saturated heterocycles. The van der Waals surface area contributed by atoms with Gasteiger partial charge in [-0.15, -0.1) is 0 Å². The topological polar surface area (TPSA) is 40.6 Å². The van der Waals surface area contributed by atoms with Crippen molar-refractivity contribution < 1.29 is 9.59 Å². The highest BCUT2D eigenvalue weighted by atomic mass is 28.3. The molecule has 172 valence electrons. The molecule has 4 nitrogen and oxygen atoms in total. The Hall–Kier alpha value is -0.843. The van der Waals surface area contributed by atoms with E-state index in [1.165, 1.54) is 25.7 Å². The molecule has 1 aliphatic heterocycles. The van der Waals surface area contributed by atoms with Crippen LogP contribution in [0.25, 0.3) is 0 Å². The summed E-state index contributed by atoms with van der Waals surface area (Å²) in [6, 6.07) is 0.188. The van der Waals surface area contributed by atoms with Crippen LogP contribution in [-0.2, 0) is 4.79 Å². The normalized spacial score (nSPS) is 27.9. The van der Waals surface area contributed by atoms with Crippen molar-refractivity contribution >= 4 is 20.2 Å². The van der Waals surface area contributed by atoms with Crippen LogP contribution >= 0.6 is 0 Å². The van der Waals surface area contributed by atoms with Gasteiger partial charge in [0.15, 0.2) is 8.24 Å². The fourth-order valence-electron chi connectivity index (χ4n) is 7.76. The van der Waals surface area contributed by atoms with Gasteiger partial charge in [0.1, 0.15) is 5.54 Å². The number of nitrogens with zero attached hydrogens (tertiary/aromatic N) is 2. The van der Waals surface area contributed by atoms with Gasteiger partial charge < -0.3 is 4.57 Å². The first-order chi connectivity index (χ1) is 14.1. The zero-order valence-corrected chi connectivity index (χ0v) is 21.7. The highest BCUT2D eigenvalue weighted by Gasteiger charge is 2.67. The smallest absolute Gasteiger partial charge is 0.319 e. The Morgan fingerprint density at radius 1 is 0.767 bits per heavy atom. The van der Waals surface area contributed by atoms with Crippen LogP contribution in [0, 0.1) is 5.92 Å². The largest absolute Gasteiger partial charge is 0.337 e. The zero-order valence-electron chi connectivity index (χ0n) is 20.7. The number of urea groups is 1. The monoisotopic (exact) mass is 434 g/mol. The quantitative estimate of drug-likeness (QED) is 0.330. The van der Waals surface area contributed by atoms with Crippen molar-refractivity contribution in [2.75, 3.05) is 0 Å². The summed E-state index contributed by atoms with van der Waals surface area (Å²) in [6.45, 7) is 16.1. The molecule has 2 saturated carbocycles. The van der Waals surface area contributed by atoms with Gasteiger partial charge in [-0.2, -0.15) is 0 Å². The van der Waals surface area contributed by atoms with Crippen molar-refractivity contribution in [2.24, 2.45) is 5.92 Å². The lowest BCUT2D eigenvalue weighted by Crippen LogP contribution is -2.69. The van der Waals surface area contributed by atoms with Crippen LogP contribution in [0.2, 0.25) is 16.6 Å². The van der Waals surface area contributed by atoms with Crippen molar-refractivity contribution in [2.45, 2.75) is 141 Å². The molecule has 3 fully saturated rings. The van der Waals surface area contributed by atoms with E-state index < -0.39 is 13.8 Å². The fourth-order valence-corrected chi connectivity index (χ4v) is 14.8. The molecule has 0 bridgehead atoms. The summed E-state index contributed by atoms with van der Waals surface area (Å²) < 4.78 is 2.30. The molecule has 1 atom stereocenters. The average molecular weight is 435 g/mol. The molecule has 0 spiro atoms. The molecule has 3 rings (SSSR count). The number of hydrogen-bond acceptors (Lipinski definition) is 2. The van der Waals surface area contributed by atoms with Gasteiger partial charge in [0.25, 0.3) is 5.91 Å². The van der Waals surface area contributed by atoms with Crippen LogP contribution in [0.5, 0.6) is 0 Å². The van der Waals surface area contributed by atoms with Gasteiger partial charge in [-0.05, 0) is 55.1 Å². The lowest BCUT2D eigenvalue weighted by molar-refractivity contribution is -0.136. The summed E-state index contributed by atoms with van der Waals surface area (Å²) in [6.07, 6.45) is 11.3. The highest BCUT2D eigenvalue weighted by Crippen LogP contribution is 2.53. The number of imide groups is 1. The van der Waals surface area contributed by atoms with Gasteiger partial charge >= 0.3 is 6.03 Å². The molecule has 2 aliphatic carbocycles. The summed E-state index contributed by atoms with van der Waals surface area (Å²) in [5.74, 6) is 0.449. The molecule has 1 unspecified atom stereocenters. The van der Waals surface area contributed by atoms with Crippen LogP contribution in [0.3, 0.4) is 0 Å². The van der Waals surface area contributed by atoms with E-state index in [2.05, 4.69) is 53.0 Å². The predicted molar refractivity (Wildman–Crippen MR) is 127 cm³/mol. The van der Waals surface area contributed by atoms with Gasteiger partial charge in [0.2, 0.25) is 0 Å². The first-order valence-electron chi connectivity index (χ1n) is 12.8. The number of rotatable bonds is 6. The summed E-state index contributed by atoms with van der Waals surface area (Å²) in [5, 5.41) is 0. The van der Waals surface area contributed by atoms with Crippen LogP contribution in [0.4, 0.5) is 4.79 Å². The van der Waals surface area contributed by atoms with E-state index in [1.54, 1.807) is 4.90 Å². The molecular weight excluding hydrogens is 388 g/mol. The number of carbonyl (C=O) groups excluding carboxylic acids is 2. The molecule has 1 heterocycles. The van der Waals surface area contributed by atoms with Crippen LogP contribution < -0.4 is 0 Å². The molecule has 0 radical (unpaired) electrons. The standard InChI is InChI=1S/C25H46N2O2Si/c1-18(2)30(19(3)4,20(5)6)27-24(29)26(22-16-12-9-13-17-22)23(28)25(27,7)21-14-10-8-11-15-21/h18-22H,8-17H2,1-7H3. The molecule has 3 amide bonds. The van der Waals surface area contributed by atoms with E-state index in [0.717, 1.165) is 38.5 Å². The Kier molecular flexibility index (Phi) is 7.11. The molecule has 30 heavy (non-hydrogen) atoms. The van der Waals surface area contributed by atoms with Crippen LogP contribution in [-0.4, -0.2) is 41.2 Å². The van der Waals surface area contributed by atoms with Gasteiger partial charge in [-0.3, -0.25) is 9.69 Å². The van der Waals surface area contributed by atoms with Gasteiger partial charge in [-0.25, -0.2) is 4.79 Å². The van der Waals surface area contributed by atoms with Crippen LogP contribution in [0.15, 0.2) is 0 Å². The lowest BCUT2D eigenvalue weighted by atomic mass is 9.75. The van der Waals surface area contributed by atoms with E-state index in [1.807, 2.05) is 0 Å². The van der Waals surface area contributed by atoms with Gasteiger partial charge in [0.05, 0.1) is 0 Å². The maximum atomic E-state index is 14.3. The Morgan fingerprint density at radius 3 is 1.63 bits per heavy atom. The van der Waals surface area contributed by atoms with Crippen molar-refractivity contribution in [1.82, 2.24) is 9.47 Å². The second-order valence-corrected chi connectivity index (χ2v) is 17.1. The first kappa shape index (κ1) is 23.8. The molecule has 0 aromatic carbocycles. The van der Waals surface area contributed by atoms with Gasteiger partial charge in [0, 0.05) is 6.04 Å². The van der Waals surface area contributed by atoms with Gasteiger partial charge in [-0.1, -0.05) is 80.1 Å². The van der Waals surface area contributed by atoms with Crippen molar-refractivity contribution in [3.05, 3.63) is 0 Å². The fraction of sp³-hybridized carbons (Fsp3) is 0.920. The maximum Gasteiger partial charge on any atom is 0.319 e. The Bertz CT molecular complexity index is 613. The van der Waals surface area contributed by atoms with E-state index >= 15 is 0 Å². The minimum Gasteiger partial charge on any atom is -0.337 e. The van der Waals surface area contributed by atoms with Crippen LogP contribution in [0.1, 0.15) is 113 Å². The first-order valence-corrected chi connectivity index (χ1v) is 15.0. The Morgan fingerprint density at radius 2 is 1.20 bits per heavy atom. The third kappa shape index (κ3) is 3.47. The van der Waals surface area contributed by atoms with E-state index in [4.69, 9.17) is 0 Å². The molecule has 5 heteroatoms. The summed E-state index contributed by atoms with van der Waals surface area (Å²) >= 11 is 0. The summed E-state index contributed by atoms with van der Waals surface area (Å²) in [5.41, 5.74) is 0.607. The maximum absolute atomic E-state index is 14.3. The Labute approximate surface area is 186 Å². The lowest BCUT2D eigenvalue weighted by Gasteiger charge is -2.55. The minimum absolute atomic E-state index is 0.0720. The average Bonchev–Trinajstić information content (AvgIpc) is 2.91. The molecular formula is C25H46N2O2Si. The minimum atomic E-state index is -2.30. The second kappa shape index (κ2) is 8.95. The molecule has 0 N–H and O–H groups in total. The molecule has 3 aliphatic rings. The number of amides is 3. The highest BCUT2D eigenvalue weighted by molar-refractivity contribution is 6.83. The third-order valence-corrected chi connectivity index (χ3v) is 16.0. The van der Waals surface area contributed by atoms with E-state index in [0.29, 0.717) is 22.5 Å². The van der Waals surface area contributed by atoms with Crippen molar-refractivity contribution in [3.63, 3.8) is 0 Å². The zero-order chi connectivity index (χ0) is 22.3.